The average molecular weight is 201 g/mol. The summed E-state index contributed by atoms with van der Waals surface area (Å²) in [6.45, 7) is 2.87. The molecule has 0 unspecified atom stereocenters. The van der Waals surface area contributed by atoms with E-state index >= 15 is 0 Å². The molecule has 0 aromatic carbocycles. The third-order valence-electron chi connectivity index (χ3n) is 2.08. The van der Waals surface area contributed by atoms with Gasteiger partial charge >= 0.3 is 0 Å². The van der Waals surface area contributed by atoms with Gasteiger partial charge in [-0.15, -0.1) is 0 Å². The zero-order chi connectivity index (χ0) is 11.1. The zero-order valence-corrected chi connectivity index (χ0v) is 9.12. The van der Waals surface area contributed by atoms with Gasteiger partial charge in [0.1, 0.15) is 11.8 Å². The second-order valence-electron chi connectivity index (χ2n) is 3.34. The monoisotopic (exact) mass is 201 g/mol. The standard InChI is InChI=1S/C12H15N3/c1-10-7-11(5-3-4-6-14-2)9-15-12(10)8-13/h3,5,7,9,14H,4,6H2,1-2H3. The fourth-order valence-corrected chi connectivity index (χ4v) is 1.25. The number of hydrogen-bond donors (Lipinski definition) is 1. The van der Waals surface area contributed by atoms with Gasteiger partial charge in [0.2, 0.25) is 0 Å². The number of hydrogen-bond acceptors (Lipinski definition) is 3. The summed E-state index contributed by atoms with van der Waals surface area (Å²) in [5, 5.41) is 11.8. The molecule has 1 heterocycles. The van der Waals surface area contributed by atoms with Crippen LogP contribution in [0.5, 0.6) is 0 Å². The van der Waals surface area contributed by atoms with Gasteiger partial charge in [-0.1, -0.05) is 12.2 Å². The van der Waals surface area contributed by atoms with Crippen molar-refractivity contribution in [2.45, 2.75) is 13.3 Å². The molecule has 0 amide bonds. The molecule has 0 aliphatic rings. The molecule has 1 N–H and O–H groups in total. The predicted octanol–water partition coefficient (Wildman–Crippen LogP) is 1.88. The summed E-state index contributed by atoms with van der Waals surface area (Å²) in [5.41, 5.74) is 2.47. The van der Waals surface area contributed by atoms with Crippen molar-refractivity contribution in [2.24, 2.45) is 0 Å². The molecule has 3 nitrogen and oxygen atoms in total. The van der Waals surface area contributed by atoms with E-state index in [1.165, 1.54) is 0 Å². The first-order chi connectivity index (χ1) is 7.27. The molecule has 0 atom stereocenters. The number of pyridine rings is 1. The molecule has 78 valence electrons. The van der Waals surface area contributed by atoms with Gasteiger partial charge in [0, 0.05) is 6.20 Å². The second kappa shape index (κ2) is 5.94. The molecule has 0 aliphatic carbocycles. The lowest BCUT2D eigenvalue weighted by atomic mass is 10.1. The fraction of sp³-hybridized carbons (Fsp3) is 0.333. The second-order valence-corrected chi connectivity index (χ2v) is 3.34. The van der Waals surface area contributed by atoms with E-state index in [9.17, 15) is 0 Å². The highest BCUT2D eigenvalue weighted by Gasteiger charge is 1.97. The predicted molar refractivity (Wildman–Crippen MR) is 61.3 cm³/mol. The van der Waals surface area contributed by atoms with Crippen molar-refractivity contribution < 1.29 is 0 Å². The highest BCUT2D eigenvalue weighted by Crippen LogP contribution is 2.08. The van der Waals surface area contributed by atoms with Crippen molar-refractivity contribution in [3.63, 3.8) is 0 Å². The minimum absolute atomic E-state index is 0.502. The van der Waals surface area contributed by atoms with Gasteiger partial charge < -0.3 is 5.32 Å². The minimum Gasteiger partial charge on any atom is -0.319 e. The Morgan fingerprint density at radius 1 is 1.60 bits per heavy atom. The Balaban J connectivity index is 2.68. The third-order valence-corrected chi connectivity index (χ3v) is 2.08. The Hall–Kier alpha value is -1.66. The summed E-state index contributed by atoms with van der Waals surface area (Å²) < 4.78 is 0. The van der Waals surface area contributed by atoms with Crippen LogP contribution in [0.1, 0.15) is 23.2 Å². The summed E-state index contributed by atoms with van der Waals surface area (Å²) in [4.78, 5) is 4.07. The summed E-state index contributed by atoms with van der Waals surface area (Å²) in [7, 11) is 1.93. The Morgan fingerprint density at radius 3 is 3.00 bits per heavy atom. The summed E-state index contributed by atoms with van der Waals surface area (Å²) in [6, 6.07) is 4.03. The van der Waals surface area contributed by atoms with Gasteiger partial charge in [-0.2, -0.15) is 5.26 Å². The largest absolute Gasteiger partial charge is 0.319 e. The number of aryl methyl sites for hydroxylation is 1. The van der Waals surface area contributed by atoms with Gasteiger partial charge in [0.05, 0.1) is 0 Å². The number of nitrogens with one attached hydrogen (secondary N) is 1. The molecule has 0 radical (unpaired) electrons. The van der Waals surface area contributed by atoms with E-state index in [1.807, 2.05) is 26.1 Å². The van der Waals surface area contributed by atoms with Gasteiger partial charge in [-0.3, -0.25) is 0 Å². The molecular formula is C12H15N3. The number of rotatable bonds is 4. The molecule has 3 heteroatoms. The van der Waals surface area contributed by atoms with E-state index in [0.29, 0.717) is 5.69 Å². The zero-order valence-electron chi connectivity index (χ0n) is 9.12. The maximum Gasteiger partial charge on any atom is 0.143 e. The van der Waals surface area contributed by atoms with Crippen LogP contribution in [0.25, 0.3) is 6.08 Å². The van der Waals surface area contributed by atoms with E-state index in [4.69, 9.17) is 5.26 Å². The third kappa shape index (κ3) is 3.53. The SMILES string of the molecule is CNCCC=Cc1cnc(C#N)c(C)c1. The minimum atomic E-state index is 0.502. The van der Waals surface area contributed by atoms with Gasteiger partial charge in [0.25, 0.3) is 0 Å². The molecule has 0 spiro atoms. The normalized spacial score (nSPS) is 10.5. The molecule has 0 aliphatic heterocycles. The molecule has 1 aromatic heterocycles. The molecule has 0 fully saturated rings. The molecular weight excluding hydrogens is 186 g/mol. The van der Waals surface area contributed by atoms with Crippen molar-refractivity contribution in [3.05, 3.63) is 35.2 Å². The smallest absolute Gasteiger partial charge is 0.143 e. The van der Waals surface area contributed by atoms with Crippen LogP contribution in [0.4, 0.5) is 0 Å². The first-order valence-corrected chi connectivity index (χ1v) is 4.96. The molecule has 0 saturated carbocycles. The molecule has 15 heavy (non-hydrogen) atoms. The van der Waals surface area contributed by atoms with Crippen LogP contribution < -0.4 is 5.32 Å². The van der Waals surface area contributed by atoms with Crippen molar-refractivity contribution in [1.29, 1.82) is 5.26 Å². The maximum atomic E-state index is 8.72. The summed E-state index contributed by atoms with van der Waals surface area (Å²) in [6.07, 6.45) is 6.84. The number of nitrogens with zero attached hydrogens (tertiary/aromatic N) is 2. The van der Waals surface area contributed by atoms with Crippen LogP contribution in [0, 0.1) is 18.3 Å². The first kappa shape index (κ1) is 11.4. The van der Waals surface area contributed by atoms with Crippen LogP contribution in [0.3, 0.4) is 0 Å². The lowest BCUT2D eigenvalue weighted by molar-refractivity contribution is 0.809. The van der Waals surface area contributed by atoms with Gasteiger partial charge in [0.15, 0.2) is 0 Å². The van der Waals surface area contributed by atoms with Crippen molar-refractivity contribution in [3.8, 4) is 6.07 Å². The molecule has 1 rings (SSSR count). The van der Waals surface area contributed by atoms with Gasteiger partial charge in [-0.25, -0.2) is 4.98 Å². The maximum absolute atomic E-state index is 8.72. The summed E-state index contributed by atoms with van der Waals surface area (Å²) >= 11 is 0. The quantitative estimate of drug-likeness (QED) is 0.757. The Kier molecular flexibility index (Phi) is 4.52. The Morgan fingerprint density at radius 2 is 2.40 bits per heavy atom. The van der Waals surface area contributed by atoms with Gasteiger partial charge in [-0.05, 0) is 44.1 Å². The molecule has 1 aromatic rings. The van der Waals surface area contributed by atoms with Crippen molar-refractivity contribution in [1.82, 2.24) is 10.3 Å². The fourth-order valence-electron chi connectivity index (χ4n) is 1.25. The van der Waals surface area contributed by atoms with E-state index < -0.39 is 0 Å². The van der Waals surface area contributed by atoms with E-state index in [0.717, 1.165) is 24.1 Å². The first-order valence-electron chi connectivity index (χ1n) is 4.96. The highest BCUT2D eigenvalue weighted by molar-refractivity contribution is 5.50. The average Bonchev–Trinajstić information content (AvgIpc) is 2.25. The van der Waals surface area contributed by atoms with Crippen LogP contribution in [0.2, 0.25) is 0 Å². The van der Waals surface area contributed by atoms with Crippen molar-refractivity contribution >= 4 is 6.08 Å². The van der Waals surface area contributed by atoms with E-state index in [1.54, 1.807) is 6.20 Å². The lowest BCUT2D eigenvalue weighted by Gasteiger charge is -1.98. The Bertz CT molecular complexity index is 388. The van der Waals surface area contributed by atoms with Crippen molar-refractivity contribution in [2.75, 3.05) is 13.6 Å². The van der Waals surface area contributed by atoms with Crippen LogP contribution in [-0.4, -0.2) is 18.6 Å². The van der Waals surface area contributed by atoms with Crippen LogP contribution in [-0.2, 0) is 0 Å². The number of aromatic nitrogens is 1. The Labute approximate surface area is 90.5 Å². The van der Waals surface area contributed by atoms with E-state index in [2.05, 4.69) is 22.4 Å². The number of nitriles is 1. The van der Waals surface area contributed by atoms with Crippen LogP contribution >= 0.6 is 0 Å². The molecule has 0 saturated heterocycles. The summed E-state index contributed by atoms with van der Waals surface area (Å²) in [5.74, 6) is 0. The topological polar surface area (TPSA) is 48.7 Å². The van der Waals surface area contributed by atoms with Crippen LogP contribution in [0.15, 0.2) is 18.3 Å². The molecule has 0 bridgehead atoms. The lowest BCUT2D eigenvalue weighted by Crippen LogP contribution is -2.05. The highest BCUT2D eigenvalue weighted by atomic mass is 14.8. The van der Waals surface area contributed by atoms with E-state index in [-0.39, 0.29) is 0 Å².